The maximum atomic E-state index is 12.9. The number of nitrogens with one attached hydrogen (secondary N) is 2. The number of amides is 2. The van der Waals surface area contributed by atoms with Crippen LogP contribution in [0.4, 0.5) is 10.1 Å². The third kappa shape index (κ3) is 4.16. The Morgan fingerprint density at radius 2 is 1.62 bits per heavy atom. The molecule has 0 aliphatic rings. The molecule has 1 unspecified atom stereocenters. The molecular formula is C20H17FN2O3. The molecule has 0 spiro atoms. The van der Waals surface area contributed by atoms with Crippen molar-refractivity contribution in [3.8, 4) is 0 Å². The molecule has 26 heavy (non-hydrogen) atoms. The highest BCUT2D eigenvalue weighted by Gasteiger charge is 2.13. The summed E-state index contributed by atoms with van der Waals surface area (Å²) in [5.74, 6) is -0.934. The van der Waals surface area contributed by atoms with Crippen LogP contribution in [0.3, 0.4) is 0 Å². The van der Waals surface area contributed by atoms with Gasteiger partial charge in [0, 0.05) is 11.3 Å². The predicted octanol–water partition coefficient (Wildman–Crippen LogP) is 4.16. The highest BCUT2D eigenvalue weighted by atomic mass is 19.1. The van der Waals surface area contributed by atoms with Crippen molar-refractivity contribution in [1.82, 2.24) is 5.32 Å². The minimum atomic E-state index is -0.391. The maximum Gasteiger partial charge on any atom is 0.255 e. The molecule has 0 radical (unpaired) electrons. The molecule has 2 aromatic carbocycles. The number of hydrogen-bond donors (Lipinski definition) is 2. The second-order valence-electron chi connectivity index (χ2n) is 5.79. The zero-order valence-corrected chi connectivity index (χ0v) is 14.0. The van der Waals surface area contributed by atoms with Crippen LogP contribution in [0.15, 0.2) is 71.5 Å². The van der Waals surface area contributed by atoms with E-state index in [0.717, 1.165) is 5.56 Å². The third-order valence-corrected chi connectivity index (χ3v) is 3.91. The lowest BCUT2D eigenvalue weighted by atomic mass is 10.1. The first-order valence-electron chi connectivity index (χ1n) is 8.03. The lowest BCUT2D eigenvalue weighted by Gasteiger charge is -2.14. The van der Waals surface area contributed by atoms with Gasteiger partial charge in [0.05, 0.1) is 17.9 Å². The molecule has 0 aliphatic heterocycles. The number of carbonyl (C=O) groups is 2. The number of anilines is 1. The van der Waals surface area contributed by atoms with Crippen molar-refractivity contribution in [2.24, 2.45) is 0 Å². The lowest BCUT2D eigenvalue weighted by Crippen LogP contribution is -2.26. The topological polar surface area (TPSA) is 71.3 Å². The summed E-state index contributed by atoms with van der Waals surface area (Å²) >= 11 is 0. The quantitative estimate of drug-likeness (QED) is 0.724. The second kappa shape index (κ2) is 7.65. The smallest absolute Gasteiger partial charge is 0.255 e. The summed E-state index contributed by atoms with van der Waals surface area (Å²) in [6, 6.07) is 13.8. The third-order valence-electron chi connectivity index (χ3n) is 3.91. The van der Waals surface area contributed by atoms with Gasteiger partial charge in [-0.25, -0.2) is 4.39 Å². The molecule has 2 amide bonds. The Morgan fingerprint density at radius 3 is 2.23 bits per heavy atom. The molecule has 2 N–H and O–H groups in total. The second-order valence-corrected chi connectivity index (χ2v) is 5.79. The normalized spacial score (nSPS) is 11.6. The molecule has 3 rings (SSSR count). The fourth-order valence-corrected chi connectivity index (χ4v) is 2.42. The van der Waals surface area contributed by atoms with E-state index in [1.807, 2.05) is 19.1 Å². The average molecular weight is 352 g/mol. The van der Waals surface area contributed by atoms with Crippen molar-refractivity contribution in [1.29, 1.82) is 0 Å². The zero-order valence-electron chi connectivity index (χ0n) is 14.0. The minimum Gasteiger partial charge on any atom is -0.472 e. The zero-order chi connectivity index (χ0) is 18.5. The molecule has 0 aliphatic carbocycles. The molecule has 1 aromatic heterocycles. The van der Waals surface area contributed by atoms with Gasteiger partial charge < -0.3 is 15.1 Å². The maximum absolute atomic E-state index is 12.9. The van der Waals surface area contributed by atoms with Crippen molar-refractivity contribution in [3.63, 3.8) is 0 Å². The van der Waals surface area contributed by atoms with Gasteiger partial charge >= 0.3 is 0 Å². The van der Waals surface area contributed by atoms with E-state index in [9.17, 15) is 14.0 Å². The molecule has 0 saturated carbocycles. The first-order valence-corrected chi connectivity index (χ1v) is 8.03. The number of furan rings is 1. The number of carbonyl (C=O) groups excluding carboxylic acids is 2. The summed E-state index contributed by atoms with van der Waals surface area (Å²) in [6.45, 7) is 1.87. The molecule has 0 saturated heterocycles. The Balaban J connectivity index is 1.61. The Labute approximate surface area is 149 Å². The standard InChI is InChI=1S/C20H17FN2O3/c1-13(22-20(25)16-10-11-26-12-16)14-4-8-18(9-5-14)23-19(24)15-2-6-17(21)7-3-15/h2-13H,1H3,(H,22,25)(H,23,24). The van der Waals surface area contributed by atoms with Crippen LogP contribution in [0.2, 0.25) is 0 Å². The van der Waals surface area contributed by atoms with Crippen LogP contribution >= 0.6 is 0 Å². The summed E-state index contributed by atoms with van der Waals surface area (Å²) in [5.41, 5.74) is 2.33. The van der Waals surface area contributed by atoms with Crippen molar-refractivity contribution >= 4 is 17.5 Å². The summed E-state index contributed by atoms with van der Waals surface area (Å²) in [5, 5.41) is 5.61. The van der Waals surface area contributed by atoms with Gasteiger partial charge in [-0.3, -0.25) is 9.59 Å². The van der Waals surface area contributed by atoms with Gasteiger partial charge in [-0.15, -0.1) is 0 Å². The van der Waals surface area contributed by atoms with E-state index in [4.69, 9.17) is 4.42 Å². The van der Waals surface area contributed by atoms with Gasteiger partial charge in [0.25, 0.3) is 11.8 Å². The van der Waals surface area contributed by atoms with E-state index < -0.39 is 5.82 Å². The van der Waals surface area contributed by atoms with Crippen LogP contribution in [0.5, 0.6) is 0 Å². The Hall–Kier alpha value is -3.41. The first-order chi connectivity index (χ1) is 12.5. The summed E-state index contributed by atoms with van der Waals surface area (Å²) < 4.78 is 17.8. The summed E-state index contributed by atoms with van der Waals surface area (Å²) in [4.78, 5) is 24.1. The van der Waals surface area contributed by atoms with E-state index in [1.54, 1.807) is 18.2 Å². The van der Waals surface area contributed by atoms with Crippen LogP contribution in [-0.4, -0.2) is 11.8 Å². The fraction of sp³-hybridized carbons (Fsp3) is 0.100. The molecule has 5 nitrogen and oxygen atoms in total. The molecule has 6 heteroatoms. The predicted molar refractivity (Wildman–Crippen MR) is 95.4 cm³/mol. The SMILES string of the molecule is CC(NC(=O)c1ccoc1)c1ccc(NC(=O)c2ccc(F)cc2)cc1. The van der Waals surface area contributed by atoms with Crippen molar-refractivity contribution in [2.45, 2.75) is 13.0 Å². The first kappa shape index (κ1) is 17.4. The molecule has 1 heterocycles. The molecular weight excluding hydrogens is 335 g/mol. The highest BCUT2D eigenvalue weighted by molar-refractivity contribution is 6.04. The molecule has 0 fully saturated rings. The minimum absolute atomic E-state index is 0.209. The number of rotatable bonds is 5. The molecule has 0 bridgehead atoms. The van der Waals surface area contributed by atoms with Gasteiger partial charge in [-0.2, -0.15) is 0 Å². The van der Waals surface area contributed by atoms with E-state index in [1.165, 1.54) is 36.8 Å². The van der Waals surface area contributed by atoms with Crippen molar-refractivity contribution in [2.75, 3.05) is 5.32 Å². The number of halogens is 1. The van der Waals surface area contributed by atoms with E-state index in [0.29, 0.717) is 16.8 Å². The largest absolute Gasteiger partial charge is 0.472 e. The average Bonchev–Trinajstić information content (AvgIpc) is 3.17. The van der Waals surface area contributed by atoms with Crippen LogP contribution in [0.25, 0.3) is 0 Å². The van der Waals surface area contributed by atoms with E-state index >= 15 is 0 Å². The van der Waals surface area contributed by atoms with Gasteiger partial charge in [0.2, 0.25) is 0 Å². The summed E-state index contributed by atoms with van der Waals surface area (Å²) in [6.07, 6.45) is 2.83. The van der Waals surface area contributed by atoms with Gasteiger partial charge in [0.15, 0.2) is 0 Å². The lowest BCUT2D eigenvalue weighted by molar-refractivity contribution is 0.0938. The fourth-order valence-electron chi connectivity index (χ4n) is 2.42. The molecule has 3 aromatic rings. The molecule has 132 valence electrons. The highest BCUT2D eigenvalue weighted by Crippen LogP contribution is 2.17. The van der Waals surface area contributed by atoms with Crippen LogP contribution in [-0.2, 0) is 0 Å². The Bertz CT molecular complexity index is 888. The monoisotopic (exact) mass is 352 g/mol. The van der Waals surface area contributed by atoms with Gasteiger partial charge in [0.1, 0.15) is 12.1 Å². The van der Waals surface area contributed by atoms with Gasteiger partial charge in [-0.1, -0.05) is 12.1 Å². The Morgan fingerprint density at radius 1 is 0.923 bits per heavy atom. The van der Waals surface area contributed by atoms with E-state index in [2.05, 4.69) is 10.6 Å². The van der Waals surface area contributed by atoms with E-state index in [-0.39, 0.29) is 17.9 Å². The van der Waals surface area contributed by atoms with Crippen LogP contribution < -0.4 is 10.6 Å². The van der Waals surface area contributed by atoms with Crippen LogP contribution in [0.1, 0.15) is 39.2 Å². The Kier molecular flexibility index (Phi) is 5.12. The van der Waals surface area contributed by atoms with Crippen LogP contribution in [0, 0.1) is 5.82 Å². The number of benzene rings is 2. The van der Waals surface area contributed by atoms with Crippen molar-refractivity contribution < 1.29 is 18.4 Å². The summed E-state index contributed by atoms with van der Waals surface area (Å²) in [7, 11) is 0. The number of hydrogen-bond acceptors (Lipinski definition) is 3. The molecule has 1 atom stereocenters. The van der Waals surface area contributed by atoms with Gasteiger partial charge in [-0.05, 0) is 55.0 Å². The van der Waals surface area contributed by atoms with Crippen molar-refractivity contribution in [3.05, 3.63) is 89.6 Å².